The maximum Gasteiger partial charge on any atom is 0.409 e. The normalized spacial score (nSPS) is 14.4. The molecule has 1 saturated heterocycles. The third kappa shape index (κ3) is 5.91. The van der Waals surface area contributed by atoms with Gasteiger partial charge in [0.15, 0.2) is 0 Å². The third-order valence-electron chi connectivity index (χ3n) is 5.50. The van der Waals surface area contributed by atoms with Gasteiger partial charge in [-0.25, -0.2) is 9.78 Å². The van der Waals surface area contributed by atoms with Gasteiger partial charge < -0.3 is 29.7 Å². The number of nitrogens with zero attached hydrogens (tertiary/aromatic N) is 3. The zero-order valence-electron chi connectivity index (χ0n) is 19.2. The second-order valence-electron chi connectivity index (χ2n) is 7.70. The van der Waals surface area contributed by atoms with E-state index in [9.17, 15) is 19.2 Å². The number of nitrogens with one attached hydrogen (secondary N) is 1. The van der Waals surface area contributed by atoms with Gasteiger partial charge in [-0.1, -0.05) is 12.1 Å². The van der Waals surface area contributed by atoms with Crippen LogP contribution in [0.25, 0.3) is 10.9 Å². The molecule has 1 aliphatic heterocycles. The Bertz CT molecular complexity index is 1070. The second-order valence-corrected chi connectivity index (χ2v) is 7.70. The van der Waals surface area contributed by atoms with Crippen molar-refractivity contribution in [2.24, 2.45) is 0 Å². The standard InChI is InChI=1S/C23H28N4O7/c1-3-34-23(32)27-12-10-26(11-13-27)22(31)17(8-9-20(28)29)25-21(30)18-14-19(33-2)15-6-4-5-7-16(15)24-18/h4-7,14,17H,3,8-13H2,1-2H3,(H,25,30)(H,28,29)/t17-/m1/s1. The number of amides is 3. The Hall–Kier alpha value is -3.89. The summed E-state index contributed by atoms with van der Waals surface area (Å²) < 4.78 is 10.4. The van der Waals surface area contributed by atoms with Gasteiger partial charge in [0.1, 0.15) is 17.5 Å². The Labute approximate surface area is 196 Å². The first-order valence-corrected chi connectivity index (χ1v) is 11.0. The Morgan fingerprint density at radius 3 is 2.44 bits per heavy atom. The van der Waals surface area contributed by atoms with Crippen LogP contribution < -0.4 is 10.1 Å². The number of rotatable bonds is 8. The number of aromatic nitrogens is 1. The van der Waals surface area contributed by atoms with Gasteiger partial charge in [0.25, 0.3) is 5.91 Å². The molecular weight excluding hydrogens is 444 g/mol. The van der Waals surface area contributed by atoms with Crippen LogP contribution in [-0.4, -0.2) is 89.7 Å². The van der Waals surface area contributed by atoms with Crippen LogP contribution in [0.15, 0.2) is 30.3 Å². The molecule has 1 aromatic carbocycles. The number of piperazine rings is 1. The number of pyridine rings is 1. The minimum absolute atomic E-state index is 0.0517. The molecule has 11 nitrogen and oxygen atoms in total. The zero-order chi connectivity index (χ0) is 24.7. The summed E-state index contributed by atoms with van der Waals surface area (Å²) in [4.78, 5) is 56.6. The summed E-state index contributed by atoms with van der Waals surface area (Å²) in [6.07, 6.45) is -0.821. The van der Waals surface area contributed by atoms with Crippen LogP contribution in [0.4, 0.5) is 4.79 Å². The molecule has 3 rings (SSSR count). The number of ether oxygens (including phenoxy) is 2. The van der Waals surface area contributed by atoms with E-state index in [2.05, 4.69) is 10.3 Å². The molecule has 34 heavy (non-hydrogen) atoms. The van der Waals surface area contributed by atoms with Crippen LogP contribution in [0.5, 0.6) is 5.75 Å². The number of hydrogen-bond donors (Lipinski definition) is 2. The first-order chi connectivity index (χ1) is 16.3. The highest BCUT2D eigenvalue weighted by Crippen LogP contribution is 2.25. The Balaban J connectivity index is 1.74. The predicted molar refractivity (Wildman–Crippen MR) is 122 cm³/mol. The lowest BCUT2D eigenvalue weighted by Gasteiger charge is -2.35. The molecule has 182 valence electrons. The minimum atomic E-state index is -1.08. The average Bonchev–Trinajstić information content (AvgIpc) is 2.85. The van der Waals surface area contributed by atoms with Crippen molar-refractivity contribution in [1.29, 1.82) is 0 Å². The minimum Gasteiger partial charge on any atom is -0.496 e. The van der Waals surface area contributed by atoms with Crippen LogP contribution in [0, 0.1) is 0 Å². The molecule has 0 bridgehead atoms. The van der Waals surface area contributed by atoms with Gasteiger partial charge in [-0.3, -0.25) is 14.4 Å². The fourth-order valence-electron chi connectivity index (χ4n) is 3.73. The molecule has 2 heterocycles. The third-order valence-corrected chi connectivity index (χ3v) is 5.50. The Kier molecular flexibility index (Phi) is 8.23. The van der Waals surface area contributed by atoms with Crippen molar-refractivity contribution >= 4 is 34.8 Å². The first kappa shape index (κ1) is 24.7. The number of carbonyl (C=O) groups is 4. The largest absolute Gasteiger partial charge is 0.496 e. The summed E-state index contributed by atoms with van der Waals surface area (Å²) in [5.74, 6) is -1.65. The highest BCUT2D eigenvalue weighted by atomic mass is 16.6. The van der Waals surface area contributed by atoms with E-state index in [1.807, 2.05) is 12.1 Å². The molecular formula is C23H28N4O7. The number of carboxylic acid groups (broad SMARTS) is 1. The first-order valence-electron chi connectivity index (χ1n) is 11.0. The van der Waals surface area contributed by atoms with Crippen LogP contribution >= 0.6 is 0 Å². The average molecular weight is 472 g/mol. The summed E-state index contributed by atoms with van der Waals surface area (Å²) >= 11 is 0. The second kappa shape index (κ2) is 11.3. The van der Waals surface area contributed by atoms with Gasteiger partial charge in [-0.2, -0.15) is 0 Å². The molecule has 2 N–H and O–H groups in total. The molecule has 0 unspecified atom stereocenters. The van der Waals surface area contributed by atoms with Gasteiger partial charge in [0.05, 0.1) is 19.2 Å². The number of methoxy groups -OCH3 is 1. The number of carbonyl (C=O) groups excluding carboxylic acids is 3. The number of carboxylic acids is 1. The van der Waals surface area contributed by atoms with Crippen molar-refractivity contribution in [2.45, 2.75) is 25.8 Å². The number of fused-ring (bicyclic) bond motifs is 1. The van der Waals surface area contributed by atoms with Gasteiger partial charge in [-0.05, 0) is 25.5 Å². The maximum absolute atomic E-state index is 13.2. The smallest absolute Gasteiger partial charge is 0.409 e. The molecule has 0 aliphatic carbocycles. The van der Waals surface area contributed by atoms with Gasteiger partial charge >= 0.3 is 12.1 Å². The van der Waals surface area contributed by atoms with Gasteiger partial charge in [0.2, 0.25) is 5.91 Å². The van der Waals surface area contributed by atoms with Crippen LogP contribution in [-0.2, 0) is 14.3 Å². The molecule has 1 atom stereocenters. The molecule has 1 aromatic heterocycles. The number of aliphatic carboxylic acids is 1. The van der Waals surface area contributed by atoms with Crippen molar-refractivity contribution in [3.63, 3.8) is 0 Å². The van der Waals surface area contributed by atoms with E-state index in [-0.39, 0.29) is 51.3 Å². The van der Waals surface area contributed by atoms with Crippen molar-refractivity contribution in [3.05, 3.63) is 36.0 Å². The van der Waals surface area contributed by atoms with Gasteiger partial charge in [0, 0.05) is 44.1 Å². The summed E-state index contributed by atoms with van der Waals surface area (Å²) in [6, 6.07) is 7.59. The van der Waals surface area contributed by atoms with Crippen molar-refractivity contribution < 1.29 is 33.8 Å². The predicted octanol–water partition coefficient (Wildman–Crippen LogP) is 1.51. The molecule has 1 aliphatic rings. The number of benzene rings is 1. The molecule has 3 amide bonds. The van der Waals surface area contributed by atoms with E-state index in [1.54, 1.807) is 19.1 Å². The molecule has 11 heteroatoms. The fourth-order valence-corrected chi connectivity index (χ4v) is 3.73. The lowest BCUT2D eigenvalue weighted by atomic mass is 10.1. The lowest BCUT2D eigenvalue weighted by Crippen LogP contribution is -2.56. The quantitative estimate of drug-likeness (QED) is 0.590. The van der Waals surface area contributed by atoms with Gasteiger partial charge in [-0.15, -0.1) is 0 Å². The zero-order valence-corrected chi connectivity index (χ0v) is 19.2. The van der Waals surface area contributed by atoms with E-state index in [1.165, 1.54) is 23.0 Å². The van der Waals surface area contributed by atoms with Crippen molar-refractivity contribution in [2.75, 3.05) is 39.9 Å². The van der Waals surface area contributed by atoms with E-state index in [0.29, 0.717) is 11.3 Å². The van der Waals surface area contributed by atoms with Crippen molar-refractivity contribution in [1.82, 2.24) is 20.1 Å². The molecule has 2 aromatic rings. The Morgan fingerprint density at radius 1 is 1.12 bits per heavy atom. The van der Waals surface area contributed by atoms with Crippen LogP contribution in [0.1, 0.15) is 30.3 Å². The number of para-hydroxylation sites is 1. The summed E-state index contributed by atoms with van der Waals surface area (Å²) in [6.45, 7) is 3.04. The SMILES string of the molecule is CCOC(=O)N1CCN(C(=O)[C@@H](CCC(=O)O)NC(=O)c2cc(OC)c3ccccc3n2)CC1. The summed E-state index contributed by atoms with van der Waals surface area (Å²) in [7, 11) is 1.48. The van der Waals surface area contributed by atoms with E-state index in [4.69, 9.17) is 14.6 Å². The van der Waals surface area contributed by atoms with Crippen molar-refractivity contribution in [3.8, 4) is 5.75 Å². The van der Waals surface area contributed by atoms with Crippen LogP contribution in [0.2, 0.25) is 0 Å². The van der Waals surface area contributed by atoms with E-state index in [0.717, 1.165) is 5.39 Å². The summed E-state index contributed by atoms with van der Waals surface area (Å²) in [5.41, 5.74) is 0.603. The van der Waals surface area contributed by atoms with E-state index >= 15 is 0 Å². The maximum atomic E-state index is 13.2. The topological polar surface area (TPSA) is 138 Å². The van der Waals surface area contributed by atoms with E-state index < -0.39 is 29.9 Å². The number of hydrogen-bond acceptors (Lipinski definition) is 7. The van der Waals surface area contributed by atoms with Crippen LogP contribution in [0.3, 0.4) is 0 Å². The molecule has 0 saturated carbocycles. The Morgan fingerprint density at radius 2 is 1.79 bits per heavy atom. The summed E-state index contributed by atoms with van der Waals surface area (Å²) in [5, 5.41) is 12.5. The molecule has 0 spiro atoms. The molecule has 0 radical (unpaired) electrons. The molecule has 1 fully saturated rings. The lowest BCUT2D eigenvalue weighted by molar-refractivity contribution is -0.138. The highest BCUT2D eigenvalue weighted by molar-refractivity contribution is 5.99. The highest BCUT2D eigenvalue weighted by Gasteiger charge is 2.31. The fraction of sp³-hybridized carbons (Fsp3) is 0.435. The monoisotopic (exact) mass is 472 g/mol.